The molecule has 4 nitrogen and oxygen atoms in total. The maximum Gasteiger partial charge on any atom is 0.240 e. The SMILES string of the molecule is CCNCc1nc(-c2ccc(F)c3ccccc23)no1. The fourth-order valence-corrected chi connectivity index (χ4v) is 2.13. The van der Waals surface area contributed by atoms with Crippen molar-refractivity contribution in [2.45, 2.75) is 13.5 Å². The molecule has 2 aromatic carbocycles. The molecule has 0 bridgehead atoms. The molecule has 102 valence electrons. The van der Waals surface area contributed by atoms with E-state index >= 15 is 0 Å². The van der Waals surface area contributed by atoms with Crippen molar-refractivity contribution in [3.8, 4) is 11.4 Å². The Kier molecular flexibility index (Phi) is 3.43. The summed E-state index contributed by atoms with van der Waals surface area (Å²) >= 11 is 0. The molecule has 0 aliphatic carbocycles. The van der Waals surface area contributed by atoms with Crippen LogP contribution in [0, 0.1) is 5.82 Å². The molecule has 1 heterocycles. The van der Waals surface area contributed by atoms with Gasteiger partial charge >= 0.3 is 0 Å². The molecule has 0 unspecified atom stereocenters. The maximum absolute atomic E-state index is 13.8. The molecule has 0 atom stereocenters. The number of nitrogens with one attached hydrogen (secondary N) is 1. The molecule has 1 N–H and O–H groups in total. The van der Waals surface area contributed by atoms with Crippen molar-refractivity contribution < 1.29 is 8.91 Å². The summed E-state index contributed by atoms with van der Waals surface area (Å²) in [6.45, 7) is 3.37. The van der Waals surface area contributed by atoms with Crippen LogP contribution in [0.5, 0.6) is 0 Å². The molecule has 3 rings (SSSR count). The van der Waals surface area contributed by atoms with Crippen LogP contribution in [0.4, 0.5) is 4.39 Å². The number of aromatic nitrogens is 2. The van der Waals surface area contributed by atoms with Crippen LogP contribution in [0.3, 0.4) is 0 Å². The number of hydrogen-bond donors (Lipinski definition) is 1. The van der Waals surface area contributed by atoms with E-state index in [1.807, 2.05) is 25.1 Å². The fraction of sp³-hybridized carbons (Fsp3) is 0.200. The van der Waals surface area contributed by atoms with Crippen LogP contribution in [0.1, 0.15) is 12.8 Å². The lowest BCUT2D eigenvalue weighted by molar-refractivity contribution is 0.369. The zero-order valence-corrected chi connectivity index (χ0v) is 11.1. The largest absolute Gasteiger partial charge is 0.338 e. The van der Waals surface area contributed by atoms with Gasteiger partial charge in [-0.2, -0.15) is 4.98 Å². The first-order chi connectivity index (χ1) is 9.79. The molecule has 0 saturated carbocycles. The van der Waals surface area contributed by atoms with E-state index in [2.05, 4.69) is 15.5 Å². The third kappa shape index (κ3) is 2.28. The van der Waals surface area contributed by atoms with Gasteiger partial charge in [0.05, 0.1) is 6.54 Å². The summed E-state index contributed by atoms with van der Waals surface area (Å²) in [6.07, 6.45) is 0. The van der Waals surface area contributed by atoms with E-state index in [-0.39, 0.29) is 5.82 Å². The first-order valence-electron chi connectivity index (χ1n) is 6.50. The van der Waals surface area contributed by atoms with E-state index in [1.165, 1.54) is 6.07 Å². The molecule has 1 aromatic heterocycles. The Labute approximate surface area is 115 Å². The third-order valence-corrected chi connectivity index (χ3v) is 3.11. The molecule has 3 aromatic rings. The lowest BCUT2D eigenvalue weighted by Gasteiger charge is -2.03. The van der Waals surface area contributed by atoms with Crippen LogP contribution >= 0.6 is 0 Å². The van der Waals surface area contributed by atoms with Crippen LogP contribution in [0.25, 0.3) is 22.2 Å². The Hall–Kier alpha value is -2.27. The zero-order valence-electron chi connectivity index (χ0n) is 11.1. The molecular formula is C15H14FN3O. The van der Waals surface area contributed by atoms with E-state index < -0.39 is 0 Å². The van der Waals surface area contributed by atoms with Crippen molar-refractivity contribution >= 4 is 10.8 Å². The molecular weight excluding hydrogens is 257 g/mol. The Bertz CT molecular complexity index is 739. The predicted molar refractivity (Wildman–Crippen MR) is 74.6 cm³/mol. The first-order valence-corrected chi connectivity index (χ1v) is 6.50. The molecule has 5 heteroatoms. The summed E-state index contributed by atoms with van der Waals surface area (Å²) in [7, 11) is 0. The second-order valence-electron chi connectivity index (χ2n) is 4.43. The number of nitrogens with zero attached hydrogens (tertiary/aromatic N) is 2. The fourth-order valence-electron chi connectivity index (χ4n) is 2.13. The summed E-state index contributed by atoms with van der Waals surface area (Å²) in [5.41, 5.74) is 0.772. The summed E-state index contributed by atoms with van der Waals surface area (Å²) < 4.78 is 19.0. The van der Waals surface area contributed by atoms with Crippen molar-refractivity contribution in [2.75, 3.05) is 6.54 Å². The lowest BCUT2D eigenvalue weighted by atomic mass is 10.0. The van der Waals surface area contributed by atoms with Gasteiger partial charge in [0, 0.05) is 10.9 Å². The van der Waals surface area contributed by atoms with Crippen LogP contribution in [0.15, 0.2) is 40.9 Å². The Morgan fingerprint density at radius 3 is 2.75 bits per heavy atom. The lowest BCUT2D eigenvalue weighted by Crippen LogP contribution is -2.11. The minimum Gasteiger partial charge on any atom is -0.338 e. The van der Waals surface area contributed by atoms with Crippen LogP contribution in [-0.4, -0.2) is 16.7 Å². The van der Waals surface area contributed by atoms with Gasteiger partial charge in [-0.3, -0.25) is 0 Å². The molecule has 0 fully saturated rings. The predicted octanol–water partition coefficient (Wildman–Crippen LogP) is 3.14. The monoisotopic (exact) mass is 271 g/mol. The number of benzene rings is 2. The van der Waals surface area contributed by atoms with E-state index in [4.69, 9.17) is 4.52 Å². The van der Waals surface area contributed by atoms with Crippen molar-refractivity contribution in [1.82, 2.24) is 15.5 Å². The van der Waals surface area contributed by atoms with Gasteiger partial charge in [0.15, 0.2) is 0 Å². The highest BCUT2D eigenvalue weighted by atomic mass is 19.1. The highest BCUT2D eigenvalue weighted by molar-refractivity contribution is 5.95. The zero-order chi connectivity index (χ0) is 13.9. The summed E-state index contributed by atoms with van der Waals surface area (Å²) in [4.78, 5) is 4.34. The quantitative estimate of drug-likeness (QED) is 0.792. The van der Waals surface area contributed by atoms with Gasteiger partial charge in [-0.1, -0.05) is 36.3 Å². The third-order valence-electron chi connectivity index (χ3n) is 3.11. The summed E-state index contributed by atoms with van der Waals surface area (Å²) in [5, 5.41) is 8.43. The van der Waals surface area contributed by atoms with E-state index in [1.54, 1.807) is 12.1 Å². The molecule has 20 heavy (non-hydrogen) atoms. The maximum atomic E-state index is 13.8. The summed E-state index contributed by atoms with van der Waals surface area (Å²) in [6, 6.07) is 10.4. The van der Waals surface area contributed by atoms with Gasteiger partial charge in [-0.15, -0.1) is 0 Å². The molecule has 0 amide bonds. The molecule has 0 aliphatic rings. The van der Waals surface area contributed by atoms with E-state index in [0.29, 0.717) is 23.6 Å². The molecule has 0 spiro atoms. The number of halogens is 1. The Morgan fingerprint density at radius 2 is 1.95 bits per heavy atom. The van der Waals surface area contributed by atoms with Gasteiger partial charge < -0.3 is 9.84 Å². The number of fused-ring (bicyclic) bond motifs is 1. The van der Waals surface area contributed by atoms with Crippen molar-refractivity contribution in [2.24, 2.45) is 0 Å². The van der Waals surface area contributed by atoms with Crippen LogP contribution in [-0.2, 0) is 6.54 Å². The minimum atomic E-state index is -0.249. The highest BCUT2D eigenvalue weighted by Gasteiger charge is 2.12. The molecule has 0 radical (unpaired) electrons. The van der Waals surface area contributed by atoms with Gasteiger partial charge in [0.2, 0.25) is 11.7 Å². The smallest absolute Gasteiger partial charge is 0.240 e. The topological polar surface area (TPSA) is 51.0 Å². The standard InChI is InChI=1S/C15H14FN3O/c1-2-17-9-14-18-15(19-20-14)12-7-8-13(16)11-6-4-3-5-10(11)12/h3-8,17H,2,9H2,1H3. The van der Waals surface area contributed by atoms with Crippen LogP contribution in [0.2, 0.25) is 0 Å². The van der Waals surface area contributed by atoms with Gasteiger partial charge in [-0.25, -0.2) is 4.39 Å². The molecule has 0 saturated heterocycles. The number of hydrogen-bond acceptors (Lipinski definition) is 4. The van der Waals surface area contributed by atoms with Crippen molar-refractivity contribution in [3.05, 3.63) is 48.1 Å². The van der Waals surface area contributed by atoms with E-state index in [0.717, 1.165) is 17.5 Å². The normalized spacial score (nSPS) is 11.1. The Balaban J connectivity index is 2.06. The average molecular weight is 271 g/mol. The van der Waals surface area contributed by atoms with Gasteiger partial charge in [0.1, 0.15) is 5.82 Å². The molecule has 0 aliphatic heterocycles. The first kappa shape index (κ1) is 12.7. The average Bonchev–Trinajstić information content (AvgIpc) is 2.94. The van der Waals surface area contributed by atoms with Crippen molar-refractivity contribution in [3.63, 3.8) is 0 Å². The second-order valence-corrected chi connectivity index (χ2v) is 4.43. The highest BCUT2D eigenvalue weighted by Crippen LogP contribution is 2.28. The number of rotatable bonds is 4. The van der Waals surface area contributed by atoms with E-state index in [9.17, 15) is 4.39 Å². The Morgan fingerprint density at radius 1 is 1.15 bits per heavy atom. The second kappa shape index (κ2) is 5.38. The summed E-state index contributed by atoms with van der Waals surface area (Å²) in [5.74, 6) is 0.755. The minimum absolute atomic E-state index is 0.249. The van der Waals surface area contributed by atoms with Gasteiger partial charge in [-0.05, 0) is 24.1 Å². The van der Waals surface area contributed by atoms with Gasteiger partial charge in [0.25, 0.3) is 0 Å². The van der Waals surface area contributed by atoms with Crippen LogP contribution < -0.4 is 5.32 Å². The van der Waals surface area contributed by atoms with Crippen molar-refractivity contribution in [1.29, 1.82) is 0 Å².